The number of nitrogens with one attached hydrogen (secondary N) is 1. The zero-order valence-corrected chi connectivity index (χ0v) is 13.2. The van der Waals surface area contributed by atoms with Gasteiger partial charge in [-0.25, -0.2) is 4.79 Å². The van der Waals surface area contributed by atoms with Gasteiger partial charge in [-0.15, -0.1) is 11.3 Å². The van der Waals surface area contributed by atoms with E-state index >= 15 is 0 Å². The van der Waals surface area contributed by atoms with Crippen LogP contribution in [0.2, 0.25) is 0 Å². The highest BCUT2D eigenvalue weighted by Crippen LogP contribution is 2.30. The van der Waals surface area contributed by atoms with E-state index in [-0.39, 0.29) is 0 Å². The number of hydrogen-bond acceptors (Lipinski definition) is 7. The van der Waals surface area contributed by atoms with Gasteiger partial charge in [-0.2, -0.15) is 4.98 Å². The molecule has 0 aliphatic carbocycles. The number of rotatable bonds is 3. The number of nitrogens with zero attached hydrogens (tertiary/aromatic N) is 2. The quantitative estimate of drug-likeness (QED) is 0.531. The second-order valence-electron chi connectivity index (χ2n) is 5.62. The Bertz CT molecular complexity index is 919. The molecule has 24 heavy (non-hydrogen) atoms. The molecular formula is C15H15N3O5S. The fraction of sp³-hybridized carbons (Fsp3) is 0.333. The van der Waals surface area contributed by atoms with Gasteiger partial charge in [0.1, 0.15) is 24.0 Å². The molecule has 8 nitrogen and oxygen atoms in total. The highest BCUT2D eigenvalue weighted by Gasteiger charge is 2.43. The summed E-state index contributed by atoms with van der Waals surface area (Å²) >= 11 is 1.56. The van der Waals surface area contributed by atoms with Crippen molar-refractivity contribution in [3.05, 3.63) is 40.3 Å². The number of aromatic nitrogens is 3. The molecule has 3 aromatic heterocycles. The molecule has 1 saturated heterocycles. The van der Waals surface area contributed by atoms with Crippen molar-refractivity contribution in [1.82, 2.24) is 14.5 Å². The van der Waals surface area contributed by atoms with Crippen molar-refractivity contribution in [3.63, 3.8) is 0 Å². The third-order valence-corrected chi connectivity index (χ3v) is 5.01. The van der Waals surface area contributed by atoms with Crippen LogP contribution in [0.25, 0.3) is 21.6 Å². The summed E-state index contributed by atoms with van der Waals surface area (Å²) < 4.78 is 6.53. The second-order valence-corrected chi connectivity index (χ2v) is 6.57. The van der Waals surface area contributed by atoms with Crippen LogP contribution in [0.5, 0.6) is 0 Å². The monoisotopic (exact) mass is 349 g/mol. The molecule has 4 heterocycles. The summed E-state index contributed by atoms with van der Waals surface area (Å²) in [7, 11) is 0. The summed E-state index contributed by atoms with van der Waals surface area (Å²) in [5, 5.41) is 31.7. The van der Waals surface area contributed by atoms with Crippen LogP contribution in [0, 0.1) is 0 Å². The summed E-state index contributed by atoms with van der Waals surface area (Å²) in [5.41, 5.74) is 0.661. The molecule has 0 radical (unpaired) electrons. The molecule has 3 aromatic rings. The highest BCUT2D eigenvalue weighted by atomic mass is 32.1. The molecule has 1 fully saturated rings. The molecule has 0 spiro atoms. The third-order valence-electron chi connectivity index (χ3n) is 4.11. The first-order chi connectivity index (χ1) is 11.6. The van der Waals surface area contributed by atoms with E-state index < -0.39 is 36.8 Å². The minimum Gasteiger partial charge on any atom is -0.394 e. The van der Waals surface area contributed by atoms with E-state index in [1.54, 1.807) is 11.3 Å². The lowest BCUT2D eigenvalue weighted by atomic mass is 10.1. The number of aliphatic hydroxyl groups excluding tert-OH is 3. The van der Waals surface area contributed by atoms with E-state index in [9.17, 15) is 15.0 Å². The molecule has 0 amide bonds. The average Bonchev–Trinajstić information content (AvgIpc) is 3.27. The molecule has 1 aliphatic rings. The first-order valence-electron chi connectivity index (χ1n) is 7.36. The average molecular weight is 349 g/mol. The van der Waals surface area contributed by atoms with Crippen LogP contribution in [-0.4, -0.2) is 54.8 Å². The summed E-state index contributed by atoms with van der Waals surface area (Å²) in [4.78, 5) is 20.3. The summed E-state index contributed by atoms with van der Waals surface area (Å²) in [6, 6.07) is 5.73. The van der Waals surface area contributed by atoms with Crippen molar-refractivity contribution in [2.75, 3.05) is 6.61 Å². The molecule has 0 aromatic carbocycles. The van der Waals surface area contributed by atoms with Crippen LogP contribution in [0.1, 0.15) is 6.23 Å². The molecular weight excluding hydrogens is 334 g/mol. The van der Waals surface area contributed by atoms with Crippen molar-refractivity contribution in [2.45, 2.75) is 24.5 Å². The number of aliphatic hydroxyl groups is 3. The third kappa shape index (κ3) is 2.38. The van der Waals surface area contributed by atoms with Crippen molar-refractivity contribution >= 4 is 22.4 Å². The number of H-pyrrole nitrogens is 1. The fourth-order valence-electron chi connectivity index (χ4n) is 2.87. The maximum atomic E-state index is 12.3. The van der Waals surface area contributed by atoms with E-state index in [4.69, 9.17) is 9.84 Å². The molecule has 9 heteroatoms. The van der Waals surface area contributed by atoms with Crippen LogP contribution in [0.4, 0.5) is 0 Å². The van der Waals surface area contributed by atoms with Crippen LogP contribution in [-0.2, 0) is 4.74 Å². The van der Waals surface area contributed by atoms with Gasteiger partial charge in [0.15, 0.2) is 6.23 Å². The molecule has 4 N–H and O–H groups in total. The predicted molar refractivity (Wildman–Crippen MR) is 86.7 cm³/mol. The van der Waals surface area contributed by atoms with Gasteiger partial charge in [-0.3, -0.25) is 4.57 Å². The van der Waals surface area contributed by atoms with Crippen LogP contribution in [0.3, 0.4) is 0 Å². The van der Waals surface area contributed by atoms with E-state index in [0.29, 0.717) is 11.0 Å². The number of ether oxygens (including phenoxy) is 1. The lowest BCUT2D eigenvalue weighted by Crippen LogP contribution is -2.35. The lowest BCUT2D eigenvalue weighted by molar-refractivity contribution is -0.0547. The van der Waals surface area contributed by atoms with Gasteiger partial charge in [-0.1, -0.05) is 6.07 Å². The van der Waals surface area contributed by atoms with Gasteiger partial charge >= 0.3 is 5.69 Å². The standard InChI is InChI=1S/C15H15N3O5S/c19-6-9-11(20)12(21)14(23-9)18-5-7-4-8(10-2-1-3-24-10)16-13(7)17-15(18)22/h1-5,9,11-12,14,19-21H,6H2,(H,16,17,22)/t9-,11-,12-,14-/m1/s1. The second kappa shape index (κ2) is 5.80. The Morgan fingerprint density at radius 1 is 1.38 bits per heavy atom. The van der Waals surface area contributed by atoms with Gasteiger partial charge < -0.3 is 25.0 Å². The van der Waals surface area contributed by atoms with Crippen LogP contribution >= 0.6 is 11.3 Å². The largest absolute Gasteiger partial charge is 0.394 e. The number of fused-ring (bicyclic) bond motifs is 1. The summed E-state index contributed by atoms with van der Waals surface area (Å²) in [5.74, 6) is 0. The van der Waals surface area contributed by atoms with Crippen molar-refractivity contribution in [3.8, 4) is 10.6 Å². The molecule has 126 valence electrons. The minimum absolute atomic E-state index is 0.436. The molecule has 0 unspecified atom stereocenters. The molecule has 0 saturated carbocycles. The fourth-order valence-corrected chi connectivity index (χ4v) is 3.56. The summed E-state index contributed by atoms with van der Waals surface area (Å²) in [6.45, 7) is -0.453. The Hall–Kier alpha value is -2.04. The van der Waals surface area contributed by atoms with E-state index in [0.717, 1.165) is 15.1 Å². The van der Waals surface area contributed by atoms with Crippen LogP contribution in [0.15, 0.2) is 34.6 Å². The zero-order chi connectivity index (χ0) is 16.8. The Balaban J connectivity index is 1.77. The van der Waals surface area contributed by atoms with Gasteiger partial charge in [0.2, 0.25) is 0 Å². The maximum Gasteiger partial charge on any atom is 0.351 e. The topological polar surface area (TPSA) is 121 Å². The predicted octanol–water partition coefficient (Wildman–Crippen LogP) is 0.0646. The molecule has 4 rings (SSSR count). The van der Waals surface area contributed by atoms with Gasteiger partial charge in [0.05, 0.1) is 17.2 Å². The Morgan fingerprint density at radius 2 is 2.21 bits per heavy atom. The van der Waals surface area contributed by atoms with Gasteiger partial charge in [0.25, 0.3) is 0 Å². The number of aromatic amines is 1. The van der Waals surface area contributed by atoms with E-state index in [1.807, 2.05) is 23.6 Å². The number of hydrogen-bond donors (Lipinski definition) is 4. The van der Waals surface area contributed by atoms with Gasteiger partial charge in [0, 0.05) is 11.6 Å². The van der Waals surface area contributed by atoms with Crippen LogP contribution < -0.4 is 5.69 Å². The number of thiophene rings is 1. The molecule has 4 atom stereocenters. The molecule has 1 aliphatic heterocycles. The Labute approximate surface area is 139 Å². The van der Waals surface area contributed by atoms with Crippen molar-refractivity contribution in [1.29, 1.82) is 0 Å². The van der Waals surface area contributed by atoms with Gasteiger partial charge in [-0.05, 0) is 17.5 Å². The Morgan fingerprint density at radius 3 is 2.88 bits per heavy atom. The SMILES string of the molecule is O=c1nc2[nH]c(-c3cccs3)cc2cn1[C@@H]1O[C@H](CO)[C@@H](O)[C@H]1O. The zero-order valence-electron chi connectivity index (χ0n) is 12.4. The smallest absolute Gasteiger partial charge is 0.351 e. The first kappa shape index (κ1) is 15.5. The highest BCUT2D eigenvalue weighted by molar-refractivity contribution is 7.13. The first-order valence-corrected chi connectivity index (χ1v) is 8.24. The maximum absolute atomic E-state index is 12.3. The normalized spacial score (nSPS) is 27.1. The van der Waals surface area contributed by atoms with E-state index in [2.05, 4.69) is 9.97 Å². The van der Waals surface area contributed by atoms with Crippen molar-refractivity contribution < 1.29 is 20.1 Å². The van der Waals surface area contributed by atoms with E-state index in [1.165, 1.54) is 6.20 Å². The molecule has 0 bridgehead atoms. The summed E-state index contributed by atoms with van der Waals surface area (Å²) in [6.07, 6.45) is -3.11. The lowest BCUT2D eigenvalue weighted by Gasteiger charge is -2.16. The minimum atomic E-state index is -1.32. The Kier molecular flexibility index (Phi) is 3.74. The van der Waals surface area contributed by atoms with Crippen molar-refractivity contribution in [2.24, 2.45) is 0 Å².